The van der Waals surface area contributed by atoms with Crippen molar-refractivity contribution in [3.63, 3.8) is 0 Å². The fourth-order valence-corrected chi connectivity index (χ4v) is 0.343. The lowest BCUT2D eigenvalue weighted by Crippen LogP contribution is -2.15. The number of hydrogen-bond acceptors (Lipinski definition) is 2. The van der Waals surface area contributed by atoms with Crippen LogP contribution in [0.4, 0.5) is 0 Å². The molecular weight excluding hydrogens is 102 g/mol. The van der Waals surface area contributed by atoms with Gasteiger partial charge in [0.25, 0.3) is 0 Å². The van der Waals surface area contributed by atoms with Crippen LogP contribution in [0, 0.1) is 0 Å². The van der Waals surface area contributed by atoms with E-state index in [-0.39, 0.29) is 0 Å². The summed E-state index contributed by atoms with van der Waals surface area (Å²) in [4.78, 5) is 9.68. The van der Waals surface area contributed by atoms with E-state index in [2.05, 4.69) is 5.32 Å². The molecule has 0 spiro atoms. The standard InChI is InChI=1S/C6H11NO/c1-2-3-4-7-5-6-8/h2-3,6-7H,4-5H2,1H3/b3-2+. The molecule has 0 heterocycles. The maximum absolute atomic E-state index is 9.68. The number of carbonyl (C=O) groups is 1. The maximum Gasteiger partial charge on any atom is 0.133 e. The minimum Gasteiger partial charge on any atom is -0.307 e. The van der Waals surface area contributed by atoms with Gasteiger partial charge in [0.05, 0.1) is 6.54 Å². The summed E-state index contributed by atoms with van der Waals surface area (Å²) in [5.74, 6) is 0. The van der Waals surface area contributed by atoms with Crippen LogP contribution in [0.2, 0.25) is 0 Å². The van der Waals surface area contributed by atoms with Crippen LogP contribution >= 0.6 is 0 Å². The smallest absolute Gasteiger partial charge is 0.133 e. The van der Waals surface area contributed by atoms with E-state index in [1.165, 1.54) is 0 Å². The summed E-state index contributed by atoms with van der Waals surface area (Å²) < 4.78 is 0. The van der Waals surface area contributed by atoms with Gasteiger partial charge in [-0.3, -0.25) is 0 Å². The molecule has 0 aliphatic rings. The highest BCUT2D eigenvalue weighted by Crippen LogP contribution is 1.63. The van der Waals surface area contributed by atoms with Crippen molar-refractivity contribution in [3.8, 4) is 0 Å². The SMILES string of the molecule is C/C=C/CNCC=O. The van der Waals surface area contributed by atoms with Crippen molar-refractivity contribution in [1.29, 1.82) is 0 Å². The summed E-state index contributed by atoms with van der Waals surface area (Å²) in [5, 5.41) is 2.88. The number of aldehydes is 1. The van der Waals surface area contributed by atoms with Gasteiger partial charge < -0.3 is 10.1 Å². The number of nitrogens with one attached hydrogen (secondary N) is 1. The summed E-state index contributed by atoms with van der Waals surface area (Å²) in [6.07, 6.45) is 4.75. The third kappa shape index (κ3) is 5.37. The molecule has 0 bridgehead atoms. The molecular formula is C6H11NO. The number of carbonyl (C=O) groups excluding carboxylic acids is 1. The van der Waals surface area contributed by atoms with Gasteiger partial charge in [0.1, 0.15) is 6.29 Å². The minimum absolute atomic E-state index is 0.449. The topological polar surface area (TPSA) is 29.1 Å². The van der Waals surface area contributed by atoms with E-state index in [4.69, 9.17) is 0 Å². The Kier molecular flexibility index (Phi) is 5.87. The first-order valence-corrected chi connectivity index (χ1v) is 2.67. The Hall–Kier alpha value is -0.630. The van der Waals surface area contributed by atoms with Crippen molar-refractivity contribution in [2.75, 3.05) is 13.1 Å². The molecule has 0 aromatic rings. The molecule has 46 valence electrons. The molecule has 0 atom stereocenters. The van der Waals surface area contributed by atoms with Crippen LogP contribution in [-0.2, 0) is 4.79 Å². The molecule has 0 aromatic carbocycles. The predicted molar refractivity (Wildman–Crippen MR) is 33.7 cm³/mol. The van der Waals surface area contributed by atoms with E-state index >= 15 is 0 Å². The van der Waals surface area contributed by atoms with Gasteiger partial charge in [-0.25, -0.2) is 0 Å². The van der Waals surface area contributed by atoms with Crippen LogP contribution in [0.3, 0.4) is 0 Å². The number of allylic oxidation sites excluding steroid dienone is 1. The van der Waals surface area contributed by atoms with Crippen LogP contribution in [0.25, 0.3) is 0 Å². The van der Waals surface area contributed by atoms with E-state index in [9.17, 15) is 4.79 Å². The first kappa shape index (κ1) is 7.37. The molecule has 0 amide bonds. The summed E-state index contributed by atoms with van der Waals surface area (Å²) in [6.45, 7) is 3.18. The molecule has 0 saturated carbocycles. The highest BCUT2D eigenvalue weighted by molar-refractivity contribution is 5.51. The number of rotatable bonds is 4. The molecule has 0 aliphatic heterocycles. The maximum atomic E-state index is 9.68. The molecule has 8 heavy (non-hydrogen) atoms. The zero-order valence-electron chi connectivity index (χ0n) is 5.05. The molecule has 0 unspecified atom stereocenters. The zero-order chi connectivity index (χ0) is 6.24. The predicted octanol–water partition coefficient (Wildman–Crippen LogP) is 0.351. The summed E-state index contributed by atoms with van der Waals surface area (Å²) in [7, 11) is 0. The monoisotopic (exact) mass is 113 g/mol. The molecule has 1 N–H and O–H groups in total. The summed E-state index contributed by atoms with van der Waals surface area (Å²) in [5.41, 5.74) is 0. The van der Waals surface area contributed by atoms with Crippen molar-refractivity contribution in [3.05, 3.63) is 12.2 Å². The highest BCUT2D eigenvalue weighted by atomic mass is 16.1. The van der Waals surface area contributed by atoms with Crippen LogP contribution in [-0.4, -0.2) is 19.4 Å². The van der Waals surface area contributed by atoms with Crippen molar-refractivity contribution >= 4 is 6.29 Å². The molecule has 0 aliphatic carbocycles. The Morgan fingerprint density at radius 1 is 1.50 bits per heavy atom. The van der Waals surface area contributed by atoms with Crippen LogP contribution in [0.5, 0.6) is 0 Å². The van der Waals surface area contributed by atoms with E-state index in [1.807, 2.05) is 19.1 Å². The van der Waals surface area contributed by atoms with E-state index in [0.29, 0.717) is 6.54 Å². The van der Waals surface area contributed by atoms with Gasteiger partial charge in [-0.1, -0.05) is 12.2 Å². The van der Waals surface area contributed by atoms with Crippen molar-refractivity contribution in [2.24, 2.45) is 0 Å². The Labute approximate surface area is 49.6 Å². The first-order valence-electron chi connectivity index (χ1n) is 2.67. The first-order chi connectivity index (χ1) is 3.91. The van der Waals surface area contributed by atoms with E-state index in [0.717, 1.165) is 12.8 Å². The molecule has 2 heteroatoms. The third-order valence-corrected chi connectivity index (χ3v) is 0.726. The summed E-state index contributed by atoms with van der Waals surface area (Å²) >= 11 is 0. The minimum atomic E-state index is 0.449. The largest absolute Gasteiger partial charge is 0.307 e. The quantitative estimate of drug-likeness (QED) is 0.324. The Morgan fingerprint density at radius 2 is 2.25 bits per heavy atom. The second-order valence-corrected chi connectivity index (χ2v) is 1.39. The third-order valence-electron chi connectivity index (χ3n) is 0.726. The fraction of sp³-hybridized carbons (Fsp3) is 0.500. The Bertz CT molecular complexity index is 78.6. The summed E-state index contributed by atoms with van der Waals surface area (Å²) in [6, 6.07) is 0. The zero-order valence-corrected chi connectivity index (χ0v) is 5.05. The van der Waals surface area contributed by atoms with Gasteiger partial charge >= 0.3 is 0 Å². The van der Waals surface area contributed by atoms with Crippen molar-refractivity contribution < 1.29 is 4.79 Å². The lowest BCUT2D eigenvalue weighted by molar-refractivity contribution is -0.107. The molecule has 0 fully saturated rings. The number of hydrogen-bond donors (Lipinski definition) is 1. The van der Waals surface area contributed by atoms with Crippen molar-refractivity contribution in [2.45, 2.75) is 6.92 Å². The van der Waals surface area contributed by atoms with Crippen LogP contribution in [0.1, 0.15) is 6.92 Å². The highest BCUT2D eigenvalue weighted by Gasteiger charge is 1.74. The van der Waals surface area contributed by atoms with E-state index in [1.54, 1.807) is 0 Å². The lowest BCUT2D eigenvalue weighted by atomic mass is 10.5. The molecule has 0 saturated heterocycles. The van der Waals surface area contributed by atoms with Crippen molar-refractivity contribution in [1.82, 2.24) is 5.32 Å². The van der Waals surface area contributed by atoms with Gasteiger partial charge in [-0.2, -0.15) is 0 Å². The van der Waals surface area contributed by atoms with Gasteiger partial charge in [-0.05, 0) is 6.92 Å². The molecule has 0 aromatic heterocycles. The molecule has 2 nitrogen and oxygen atoms in total. The van der Waals surface area contributed by atoms with Gasteiger partial charge in [0.2, 0.25) is 0 Å². The van der Waals surface area contributed by atoms with Gasteiger partial charge in [0.15, 0.2) is 0 Å². The Balaban J connectivity index is 2.82. The Morgan fingerprint density at radius 3 is 2.75 bits per heavy atom. The van der Waals surface area contributed by atoms with Crippen LogP contribution in [0.15, 0.2) is 12.2 Å². The lowest BCUT2D eigenvalue weighted by Gasteiger charge is -1.89. The average Bonchev–Trinajstić information content (AvgIpc) is 1.81. The van der Waals surface area contributed by atoms with Crippen LogP contribution < -0.4 is 5.32 Å². The van der Waals surface area contributed by atoms with Gasteiger partial charge in [0, 0.05) is 6.54 Å². The fourth-order valence-electron chi connectivity index (χ4n) is 0.343. The second kappa shape index (κ2) is 6.37. The average molecular weight is 113 g/mol. The van der Waals surface area contributed by atoms with E-state index < -0.39 is 0 Å². The molecule has 0 radical (unpaired) electrons. The normalized spacial score (nSPS) is 10.1. The van der Waals surface area contributed by atoms with Gasteiger partial charge in [-0.15, -0.1) is 0 Å². The molecule has 0 rings (SSSR count). The second-order valence-electron chi connectivity index (χ2n) is 1.39.